The normalized spacial score (nSPS) is 12.5. The van der Waals surface area contributed by atoms with Gasteiger partial charge in [0.25, 0.3) is 11.9 Å². The van der Waals surface area contributed by atoms with Crippen LogP contribution in [0.3, 0.4) is 0 Å². The SMILES string of the molecule is CCS(=O)CCNc1c(F)c(F)nc(F)c1F. The summed E-state index contributed by atoms with van der Waals surface area (Å²) in [6.07, 6.45) is 0. The van der Waals surface area contributed by atoms with Gasteiger partial charge in [0, 0.05) is 28.9 Å². The molecule has 1 unspecified atom stereocenters. The third-order valence-electron chi connectivity index (χ3n) is 1.95. The number of aromatic nitrogens is 1. The summed E-state index contributed by atoms with van der Waals surface area (Å²) in [6.45, 7) is 1.63. The van der Waals surface area contributed by atoms with Crippen molar-refractivity contribution in [3.05, 3.63) is 23.5 Å². The minimum absolute atomic E-state index is 0.0583. The molecule has 17 heavy (non-hydrogen) atoms. The van der Waals surface area contributed by atoms with Crippen molar-refractivity contribution < 1.29 is 21.8 Å². The fourth-order valence-electron chi connectivity index (χ4n) is 1.08. The summed E-state index contributed by atoms with van der Waals surface area (Å²) in [6, 6.07) is 0. The Morgan fingerprint density at radius 1 is 1.18 bits per heavy atom. The lowest BCUT2D eigenvalue weighted by Crippen LogP contribution is -2.15. The van der Waals surface area contributed by atoms with Crippen LogP contribution >= 0.6 is 0 Å². The van der Waals surface area contributed by atoms with E-state index in [4.69, 9.17) is 0 Å². The molecule has 96 valence electrons. The fourth-order valence-corrected chi connectivity index (χ4v) is 1.69. The molecule has 0 aliphatic carbocycles. The summed E-state index contributed by atoms with van der Waals surface area (Å²) in [5.41, 5.74) is -0.928. The fraction of sp³-hybridized carbons (Fsp3) is 0.444. The predicted octanol–water partition coefficient (Wildman–Crippen LogP) is 1.82. The van der Waals surface area contributed by atoms with E-state index < -0.39 is 40.0 Å². The zero-order valence-corrected chi connectivity index (χ0v) is 9.71. The van der Waals surface area contributed by atoms with Crippen LogP contribution in [-0.2, 0) is 10.8 Å². The van der Waals surface area contributed by atoms with Crippen molar-refractivity contribution in [2.45, 2.75) is 6.92 Å². The standard InChI is InChI=1S/C9H10F4N2OS/c1-2-17(16)4-3-14-7-5(10)8(12)15-9(13)6(7)11/h2-4H2,1H3,(H,14,15). The molecular weight excluding hydrogens is 260 g/mol. The first-order valence-electron chi connectivity index (χ1n) is 4.76. The van der Waals surface area contributed by atoms with Crippen molar-refractivity contribution in [2.75, 3.05) is 23.4 Å². The molecule has 0 spiro atoms. The van der Waals surface area contributed by atoms with Crippen molar-refractivity contribution in [3.63, 3.8) is 0 Å². The summed E-state index contributed by atoms with van der Waals surface area (Å²) in [5, 5.41) is 2.17. The number of halogens is 4. The van der Waals surface area contributed by atoms with E-state index in [1.807, 2.05) is 0 Å². The first-order chi connectivity index (χ1) is 7.97. The Morgan fingerprint density at radius 2 is 1.71 bits per heavy atom. The maximum atomic E-state index is 13.1. The Hall–Kier alpha value is -1.18. The average Bonchev–Trinajstić information content (AvgIpc) is 2.30. The minimum Gasteiger partial charge on any atom is -0.379 e. The minimum atomic E-state index is -1.72. The molecule has 0 saturated heterocycles. The molecule has 0 aromatic carbocycles. The molecule has 3 nitrogen and oxygen atoms in total. The molecule has 0 bridgehead atoms. The van der Waals surface area contributed by atoms with Crippen molar-refractivity contribution in [2.24, 2.45) is 0 Å². The van der Waals surface area contributed by atoms with E-state index in [2.05, 4.69) is 10.3 Å². The molecule has 1 N–H and O–H groups in total. The van der Waals surface area contributed by atoms with Crippen LogP contribution in [0.25, 0.3) is 0 Å². The molecule has 1 rings (SSSR count). The van der Waals surface area contributed by atoms with Gasteiger partial charge in [0.05, 0.1) is 0 Å². The second-order valence-corrected chi connectivity index (χ2v) is 4.92. The first-order valence-corrected chi connectivity index (χ1v) is 6.25. The quantitative estimate of drug-likeness (QED) is 0.655. The van der Waals surface area contributed by atoms with Crippen LogP contribution in [0.4, 0.5) is 23.2 Å². The first kappa shape index (κ1) is 13.9. The molecule has 0 saturated carbocycles. The van der Waals surface area contributed by atoms with Crippen LogP contribution < -0.4 is 5.32 Å². The van der Waals surface area contributed by atoms with Gasteiger partial charge >= 0.3 is 0 Å². The summed E-state index contributed by atoms with van der Waals surface area (Å²) >= 11 is 0. The summed E-state index contributed by atoms with van der Waals surface area (Å²) in [7, 11) is -1.14. The van der Waals surface area contributed by atoms with Gasteiger partial charge in [-0.05, 0) is 0 Å². The molecular formula is C9H10F4N2OS. The highest BCUT2D eigenvalue weighted by Crippen LogP contribution is 2.21. The Balaban J connectivity index is 2.80. The van der Waals surface area contributed by atoms with Crippen LogP contribution in [-0.4, -0.2) is 27.2 Å². The molecule has 0 fully saturated rings. The molecule has 1 aromatic heterocycles. The van der Waals surface area contributed by atoms with E-state index in [0.717, 1.165) is 0 Å². The summed E-state index contributed by atoms with van der Waals surface area (Å²) < 4.78 is 62.5. The Morgan fingerprint density at radius 3 is 2.18 bits per heavy atom. The van der Waals surface area contributed by atoms with Gasteiger partial charge in [-0.2, -0.15) is 22.5 Å². The molecule has 1 aromatic rings. The van der Waals surface area contributed by atoms with Gasteiger partial charge in [0.15, 0.2) is 0 Å². The van der Waals surface area contributed by atoms with E-state index >= 15 is 0 Å². The number of hydrogen-bond donors (Lipinski definition) is 1. The Labute approximate surface area is 97.7 Å². The van der Waals surface area contributed by atoms with Gasteiger partial charge in [-0.1, -0.05) is 6.92 Å². The number of anilines is 1. The van der Waals surface area contributed by atoms with Crippen LogP contribution in [0.2, 0.25) is 0 Å². The molecule has 0 aliphatic heterocycles. The van der Waals surface area contributed by atoms with Crippen LogP contribution in [0, 0.1) is 23.5 Å². The van der Waals surface area contributed by atoms with E-state index in [1.165, 1.54) is 0 Å². The zero-order valence-electron chi connectivity index (χ0n) is 8.90. The van der Waals surface area contributed by atoms with E-state index in [9.17, 15) is 21.8 Å². The van der Waals surface area contributed by atoms with Gasteiger partial charge in [-0.3, -0.25) is 4.21 Å². The van der Waals surface area contributed by atoms with Gasteiger partial charge in [-0.15, -0.1) is 0 Å². The summed E-state index contributed by atoms with van der Waals surface area (Å²) in [5.74, 6) is -6.10. The molecule has 0 amide bonds. The van der Waals surface area contributed by atoms with E-state index in [1.54, 1.807) is 6.92 Å². The van der Waals surface area contributed by atoms with Gasteiger partial charge in [0.2, 0.25) is 11.6 Å². The van der Waals surface area contributed by atoms with E-state index in [-0.39, 0.29) is 12.3 Å². The highest BCUT2D eigenvalue weighted by molar-refractivity contribution is 7.84. The van der Waals surface area contributed by atoms with E-state index in [0.29, 0.717) is 5.75 Å². The number of nitrogens with one attached hydrogen (secondary N) is 1. The van der Waals surface area contributed by atoms with Crippen LogP contribution in [0.5, 0.6) is 0 Å². The van der Waals surface area contributed by atoms with Crippen molar-refractivity contribution >= 4 is 16.5 Å². The lowest BCUT2D eigenvalue weighted by molar-refractivity contribution is 0.411. The second-order valence-electron chi connectivity index (χ2n) is 3.06. The Bertz CT molecular complexity index is 415. The smallest absolute Gasteiger partial charge is 0.253 e. The Kier molecular flexibility index (Phi) is 4.86. The number of hydrogen-bond acceptors (Lipinski definition) is 3. The van der Waals surface area contributed by atoms with Crippen LogP contribution in [0.1, 0.15) is 6.92 Å². The average molecular weight is 270 g/mol. The maximum Gasteiger partial charge on any atom is 0.253 e. The largest absolute Gasteiger partial charge is 0.379 e. The maximum absolute atomic E-state index is 13.1. The van der Waals surface area contributed by atoms with Crippen LogP contribution in [0.15, 0.2) is 0 Å². The summed E-state index contributed by atoms with van der Waals surface area (Å²) in [4.78, 5) is 2.41. The van der Waals surface area contributed by atoms with Gasteiger partial charge < -0.3 is 5.32 Å². The third-order valence-corrected chi connectivity index (χ3v) is 3.25. The topological polar surface area (TPSA) is 42.0 Å². The molecule has 0 radical (unpaired) electrons. The number of rotatable bonds is 5. The predicted molar refractivity (Wildman–Crippen MR) is 56.1 cm³/mol. The molecule has 8 heteroatoms. The second kappa shape index (κ2) is 5.95. The highest BCUT2D eigenvalue weighted by Gasteiger charge is 2.20. The number of nitrogens with zero attached hydrogens (tertiary/aromatic N) is 1. The highest BCUT2D eigenvalue weighted by atomic mass is 32.2. The lowest BCUT2D eigenvalue weighted by Gasteiger charge is -2.08. The molecule has 1 heterocycles. The van der Waals surface area contributed by atoms with Gasteiger partial charge in [0.1, 0.15) is 5.69 Å². The zero-order chi connectivity index (χ0) is 13.0. The monoisotopic (exact) mass is 270 g/mol. The van der Waals surface area contributed by atoms with Crippen molar-refractivity contribution in [1.29, 1.82) is 0 Å². The van der Waals surface area contributed by atoms with Crippen molar-refractivity contribution in [1.82, 2.24) is 4.98 Å². The molecule has 1 atom stereocenters. The van der Waals surface area contributed by atoms with Crippen molar-refractivity contribution in [3.8, 4) is 0 Å². The molecule has 0 aliphatic rings. The lowest BCUT2D eigenvalue weighted by atomic mass is 10.3. The van der Waals surface area contributed by atoms with Gasteiger partial charge in [-0.25, -0.2) is 0 Å². The third kappa shape index (κ3) is 3.39. The number of pyridine rings is 1.